The second kappa shape index (κ2) is 5.83. The summed E-state index contributed by atoms with van der Waals surface area (Å²) in [5, 5.41) is 0. The molecule has 1 rings (SSSR count). The van der Waals surface area contributed by atoms with Crippen LogP contribution in [0, 0.1) is 0 Å². The van der Waals surface area contributed by atoms with Crippen LogP contribution in [0.5, 0.6) is 0 Å². The third-order valence-electron chi connectivity index (χ3n) is 2.83. The number of hydrogen-bond acceptors (Lipinski definition) is 3. The minimum atomic E-state index is 0.254. The fraction of sp³-hybridized carbons (Fsp3) is 1.00. The van der Waals surface area contributed by atoms with Crippen molar-refractivity contribution in [2.24, 2.45) is 0 Å². The summed E-state index contributed by atoms with van der Waals surface area (Å²) in [6, 6.07) is 0.762. The average Bonchev–Trinajstić information content (AvgIpc) is 2.14. The largest absolute Gasteiger partial charge is 0.241 e. The molecule has 0 N–H and O–H groups in total. The van der Waals surface area contributed by atoms with Gasteiger partial charge in [-0.15, -0.1) is 0 Å². The molecular weight excluding hydrogens is 222 g/mol. The summed E-state index contributed by atoms with van der Waals surface area (Å²) < 4.78 is 2.98. The molecule has 0 heterocycles. The molecule has 1 unspecified atom stereocenters. The highest BCUT2D eigenvalue weighted by molar-refractivity contribution is 8.08. The van der Waals surface area contributed by atoms with Gasteiger partial charge < -0.3 is 0 Å². The highest BCUT2D eigenvalue weighted by atomic mass is 32.2. The standard InChI is InChI=1S/C12H25NS2/c1-10(14)15-13(12(2,3)4)11-8-6-5-7-9-11/h10-11,14H,5-9H2,1-4H3. The van der Waals surface area contributed by atoms with Crippen LogP contribution in [-0.2, 0) is 0 Å². The van der Waals surface area contributed by atoms with E-state index in [0.717, 1.165) is 6.04 Å². The zero-order chi connectivity index (χ0) is 11.5. The molecule has 0 radical (unpaired) electrons. The van der Waals surface area contributed by atoms with Gasteiger partial charge in [-0.1, -0.05) is 31.2 Å². The Kier molecular flexibility index (Phi) is 5.33. The lowest BCUT2D eigenvalue weighted by Crippen LogP contribution is -2.44. The predicted molar refractivity (Wildman–Crippen MR) is 74.5 cm³/mol. The van der Waals surface area contributed by atoms with Gasteiger partial charge in [0, 0.05) is 11.6 Å². The van der Waals surface area contributed by atoms with E-state index in [0.29, 0.717) is 4.58 Å². The normalized spacial score (nSPS) is 22.0. The molecule has 0 bridgehead atoms. The highest BCUT2D eigenvalue weighted by Crippen LogP contribution is 2.36. The molecule has 3 heteroatoms. The van der Waals surface area contributed by atoms with Gasteiger partial charge in [0.25, 0.3) is 0 Å². The van der Waals surface area contributed by atoms with E-state index in [1.807, 2.05) is 11.9 Å². The van der Waals surface area contributed by atoms with Crippen LogP contribution in [-0.4, -0.2) is 20.5 Å². The van der Waals surface area contributed by atoms with Gasteiger partial charge in [-0.25, -0.2) is 4.31 Å². The SMILES string of the molecule is CC(S)SN(C1CCCCC1)C(C)(C)C. The highest BCUT2D eigenvalue weighted by Gasteiger charge is 2.31. The van der Waals surface area contributed by atoms with E-state index >= 15 is 0 Å². The van der Waals surface area contributed by atoms with Crippen molar-refractivity contribution in [3.05, 3.63) is 0 Å². The van der Waals surface area contributed by atoms with Crippen LogP contribution in [0.4, 0.5) is 0 Å². The van der Waals surface area contributed by atoms with Gasteiger partial charge in [-0.05, 0) is 40.5 Å². The lowest BCUT2D eigenvalue weighted by Gasteiger charge is -2.43. The van der Waals surface area contributed by atoms with E-state index in [1.165, 1.54) is 32.1 Å². The molecule has 0 saturated heterocycles. The van der Waals surface area contributed by atoms with E-state index in [9.17, 15) is 0 Å². The molecule has 0 aliphatic heterocycles. The summed E-state index contributed by atoms with van der Waals surface area (Å²) in [5.41, 5.74) is 0.254. The van der Waals surface area contributed by atoms with Crippen molar-refractivity contribution >= 4 is 24.6 Å². The van der Waals surface area contributed by atoms with E-state index in [1.54, 1.807) is 0 Å². The van der Waals surface area contributed by atoms with Crippen molar-refractivity contribution in [2.45, 2.75) is 76.0 Å². The van der Waals surface area contributed by atoms with Gasteiger partial charge in [0.05, 0.1) is 4.58 Å². The number of hydrogen-bond donors (Lipinski definition) is 1. The molecular formula is C12H25NS2. The Hall–Kier alpha value is 0.660. The Morgan fingerprint density at radius 3 is 2.13 bits per heavy atom. The minimum Gasteiger partial charge on any atom is -0.241 e. The molecule has 0 aromatic rings. The topological polar surface area (TPSA) is 3.24 Å². The summed E-state index contributed by atoms with van der Waals surface area (Å²) in [5.74, 6) is 0. The van der Waals surface area contributed by atoms with Crippen LogP contribution in [0.2, 0.25) is 0 Å². The number of nitrogens with zero attached hydrogens (tertiary/aromatic N) is 1. The van der Waals surface area contributed by atoms with Gasteiger partial charge in [-0.2, -0.15) is 12.6 Å². The Balaban J connectivity index is 2.61. The van der Waals surface area contributed by atoms with E-state index in [-0.39, 0.29) is 5.54 Å². The van der Waals surface area contributed by atoms with Crippen molar-refractivity contribution in [2.75, 3.05) is 0 Å². The Morgan fingerprint density at radius 2 is 1.73 bits per heavy atom. The summed E-state index contributed by atoms with van der Waals surface area (Å²) in [6.07, 6.45) is 6.96. The molecule has 0 aromatic heterocycles. The molecule has 1 saturated carbocycles. The smallest absolute Gasteiger partial charge is 0.0591 e. The molecule has 1 aliphatic carbocycles. The zero-order valence-corrected chi connectivity index (χ0v) is 12.2. The maximum Gasteiger partial charge on any atom is 0.0591 e. The first-order valence-electron chi connectivity index (χ1n) is 6.05. The molecule has 90 valence electrons. The number of thiol groups is 1. The van der Waals surface area contributed by atoms with Gasteiger partial charge in [0.1, 0.15) is 0 Å². The predicted octanol–water partition coefficient (Wildman–Crippen LogP) is 4.34. The van der Waals surface area contributed by atoms with Crippen molar-refractivity contribution in [1.82, 2.24) is 4.31 Å². The number of rotatable bonds is 3. The first-order valence-corrected chi connectivity index (χ1v) is 7.41. The molecule has 1 fully saturated rings. The van der Waals surface area contributed by atoms with Crippen molar-refractivity contribution in [3.63, 3.8) is 0 Å². The first-order chi connectivity index (χ1) is 6.91. The zero-order valence-electron chi connectivity index (χ0n) is 10.5. The lowest BCUT2D eigenvalue weighted by molar-refractivity contribution is 0.172. The van der Waals surface area contributed by atoms with Crippen LogP contribution < -0.4 is 0 Å². The van der Waals surface area contributed by atoms with Crippen LogP contribution in [0.1, 0.15) is 59.8 Å². The maximum absolute atomic E-state index is 4.51. The third-order valence-corrected chi connectivity index (χ3v) is 4.49. The average molecular weight is 247 g/mol. The van der Waals surface area contributed by atoms with Crippen LogP contribution in [0.15, 0.2) is 0 Å². The minimum absolute atomic E-state index is 0.254. The van der Waals surface area contributed by atoms with Gasteiger partial charge in [0.2, 0.25) is 0 Å². The van der Waals surface area contributed by atoms with Crippen molar-refractivity contribution < 1.29 is 0 Å². The second-order valence-electron chi connectivity index (χ2n) is 5.49. The van der Waals surface area contributed by atoms with Crippen molar-refractivity contribution in [1.29, 1.82) is 0 Å². The fourth-order valence-corrected chi connectivity index (χ4v) is 3.60. The van der Waals surface area contributed by atoms with Crippen LogP contribution in [0.25, 0.3) is 0 Å². The fourth-order valence-electron chi connectivity index (χ4n) is 2.27. The maximum atomic E-state index is 4.51. The monoisotopic (exact) mass is 247 g/mol. The molecule has 1 aliphatic rings. The van der Waals surface area contributed by atoms with Crippen LogP contribution >= 0.6 is 24.6 Å². The Bertz CT molecular complexity index is 181. The van der Waals surface area contributed by atoms with Gasteiger partial charge in [0.15, 0.2) is 0 Å². The van der Waals surface area contributed by atoms with Gasteiger partial charge >= 0.3 is 0 Å². The van der Waals surface area contributed by atoms with E-state index in [2.05, 4.69) is 44.6 Å². The quantitative estimate of drug-likeness (QED) is 0.449. The lowest BCUT2D eigenvalue weighted by atomic mass is 9.93. The molecule has 1 nitrogen and oxygen atoms in total. The second-order valence-corrected chi connectivity index (χ2v) is 7.93. The first kappa shape index (κ1) is 13.7. The van der Waals surface area contributed by atoms with Gasteiger partial charge in [-0.3, -0.25) is 0 Å². The summed E-state index contributed by atoms with van der Waals surface area (Å²) >= 11 is 6.42. The molecule has 0 spiro atoms. The molecule has 1 atom stereocenters. The summed E-state index contributed by atoms with van der Waals surface area (Å²) in [6.45, 7) is 9.09. The summed E-state index contributed by atoms with van der Waals surface area (Å²) in [7, 11) is 0. The third kappa shape index (κ3) is 4.58. The molecule has 0 aromatic carbocycles. The summed E-state index contributed by atoms with van der Waals surface area (Å²) in [4.78, 5) is 0. The van der Waals surface area contributed by atoms with Crippen molar-refractivity contribution in [3.8, 4) is 0 Å². The Labute approximate surface area is 105 Å². The van der Waals surface area contributed by atoms with E-state index in [4.69, 9.17) is 0 Å². The molecule has 15 heavy (non-hydrogen) atoms. The van der Waals surface area contributed by atoms with Crippen LogP contribution in [0.3, 0.4) is 0 Å². The molecule has 0 amide bonds. The Morgan fingerprint density at radius 1 is 1.20 bits per heavy atom. The van der Waals surface area contributed by atoms with E-state index < -0.39 is 0 Å².